The SMILES string of the molecule is C[C@H]1N=C(C(=O)N2CCN(S(=O)(=O)c3ccc(F)c(F)c3)CC2)NN(c2ccccc2)C1=O. The lowest BCUT2D eigenvalue weighted by Crippen LogP contribution is -2.60. The Balaban J connectivity index is 1.45. The smallest absolute Gasteiger partial charge is 0.290 e. The number of rotatable bonds is 4. The summed E-state index contributed by atoms with van der Waals surface area (Å²) in [6.07, 6.45) is 0. The van der Waals surface area contributed by atoms with Gasteiger partial charge in [0.15, 0.2) is 11.6 Å². The molecule has 33 heavy (non-hydrogen) atoms. The van der Waals surface area contributed by atoms with Gasteiger partial charge in [-0.1, -0.05) is 18.2 Å². The highest BCUT2D eigenvalue weighted by Gasteiger charge is 2.35. The van der Waals surface area contributed by atoms with E-state index in [1.807, 2.05) is 0 Å². The molecule has 0 spiro atoms. The van der Waals surface area contributed by atoms with Gasteiger partial charge < -0.3 is 4.90 Å². The molecule has 2 aromatic rings. The average Bonchev–Trinajstić information content (AvgIpc) is 2.82. The van der Waals surface area contributed by atoms with Crippen molar-refractivity contribution >= 4 is 33.4 Å². The second kappa shape index (κ2) is 8.87. The number of sulfonamides is 1. The van der Waals surface area contributed by atoms with Gasteiger partial charge in [0, 0.05) is 26.2 Å². The predicted molar refractivity (Wildman–Crippen MR) is 116 cm³/mol. The summed E-state index contributed by atoms with van der Waals surface area (Å²) in [5, 5.41) is 1.26. The number of hydrazine groups is 1. The van der Waals surface area contributed by atoms with Gasteiger partial charge in [-0.15, -0.1) is 0 Å². The molecule has 1 N–H and O–H groups in total. The standard InChI is InChI=1S/C21H21F2N5O4S/c1-14-20(29)28(15-5-3-2-4-6-15)25-19(24-14)21(30)26-9-11-27(12-10-26)33(31,32)16-7-8-17(22)18(23)13-16/h2-8,13-14H,9-12H2,1H3,(H,24,25)/t14-/m1/s1. The second-order valence-corrected chi connectivity index (χ2v) is 9.48. The molecule has 9 nitrogen and oxygen atoms in total. The van der Waals surface area contributed by atoms with E-state index in [0.717, 1.165) is 16.4 Å². The number of carbonyl (C=O) groups excluding carboxylic acids is 2. The van der Waals surface area contributed by atoms with Crippen molar-refractivity contribution in [3.63, 3.8) is 0 Å². The Labute approximate surface area is 189 Å². The molecule has 0 saturated carbocycles. The zero-order chi connectivity index (χ0) is 23.8. The van der Waals surface area contributed by atoms with Crippen molar-refractivity contribution in [1.29, 1.82) is 0 Å². The lowest BCUT2D eigenvalue weighted by Gasteiger charge is -2.36. The van der Waals surface area contributed by atoms with Gasteiger partial charge in [0.1, 0.15) is 6.04 Å². The van der Waals surface area contributed by atoms with E-state index < -0.39 is 33.6 Å². The number of halogens is 2. The Bertz CT molecular complexity index is 1210. The van der Waals surface area contributed by atoms with Gasteiger partial charge in [0.25, 0.3) is 11.8 Å². The number of benzene rings is 2. The number of hydrogen-bond donors (Lipinski definition) is 1. The summed E-state index contributed by atoms with van der Waals surface area (Å²) < 4.78 is 53.3. The van der Waals surface area contributed by atoms with Crippen LogP contribution < -0.4 is 10.4 Å². The van der Waals surface area contributed by atoms with Crippen LogP contribution in [0, 0.1) is 11.6 Å². The van der Waals surface area contributed by atoms with E-state index in [4.69, 9.17) is 0 Å². The maximum atomic E-state index is 13.5. The average molecular weight is 477 g/mol. The van der Waals surface area contributed by atoms with Crippen molar-refractivity contribution in [1.82, 2.24) is 14.6 Å². The Kier molecular flexibility index (Phi) is 6.13. The Morgan fingerprint density at radius 2 is 1.70 bits per heavy atom. The van der Waals surface area contributed by atoms with Crippen LogP contribution in [-0.4, -0.2) is 67.5 Å². The topological polar surface area (TPSA) is 102 Å². The molecule has 2 aromatic carbocycles. The lowest BCUT2D eigenvalue weighted by molar-refractivity contribution is -0.125. The van der Waals surface area contributed by atoms with Crippen LogP contribution in [-0.2, 0) is 19.6 Å². The van der Waals surface area contributed by atoms with E-state index in [1.54, 1.807) is 37.3 Å². The van der Waals surface area contributed by atoms with E-state index in [9.17, 15) is 26.8 Å². The van der Waals surface area contributed by atoms with Crippen molar-refractivity contribution in [2.45, 2.75) is 17.9 Å². The monoisotopic (exact) mass is 477 g/mol. The lowest BCUT2D eigenvalue weighted by atomic mass is 10.2. The van der Waals surface area contributed by atoms with E-state index in [2.05, 4.69) is 10.4 Å². The normalized spacial score (nSPS) is 19.8. The van der Waals surface area contributed by atoms with Gasteiger partial charge in [0.2, 0.25) is 15.9 Å². The van der Waals surface area contributed by atoms with E-state index in [1.165, 1.54) is 9.91 Å². The number of nitrogens with one attached hydrogen (secondary N) is 1. The number of amides is 2. The van der Waals surface area contributed by atoms with Gasteiger partial charge in [-0.25, -0.2) is 27.2 Å². The Morgan fingerprint density at radius 3 is 2.33 bits per heavy atom. The van der Waals surface area contributed by atoms with Crippen LogP contribution in [0.2, 0.25) is 0 Å². The summed E-state index contributed by atoms with van der Waals surface area (Å²) in [4.78, 5) is 30.8. The minimum Gasteiger partial charge on any atom is -0.333 e. The molecule has 0 aliphatic carbocycles. The van der Waals surface area contributed by atoms with E-state index in [-0.39, 0.29) is 42.8 Å². The van der Waals surface area contributed by atoms with Crippen molar-refractivity contribution in [3.8, 4) is 0 Å². The number of hydrogen-bond acceptors (Lipinski definition) is 6. The number of nitrogens with zero attached hydrogens (tertiary/aromatic N) is 4. The summed E-state index contributed by atoms with van der Waals surface area (Å²) in [5.74, 6) is -3.21. The first-order valence-electron chi connectivity index (χ1n) is 10.2. The van der Waals surface area contributed by atoms with E-state index in [0.29, 0.717) is 11.8 Å². The van der Waals surface area contributed by atoms with Gasteiger partial charge in [-0.05, 0) is 37.3 Å². The van der Waals surface area contributed by atoms with Crippen LogP contribution in [0.3, 0.4) is 0 Å². The Morgan fingerprint density at radius 1 is 1.03 bits per heavy atom. The summed E-state index contributed by atoms with van der Waals surface area (Å²) >= 11 is 0. The number of carbonyl (C=O) groups is 2. The molecule has 12 heteroatoms. The zero-order valence-corrected chi connectivity index (χ0v) is 18.4. The maximum absolute atomic E-state index is 13.5. The number of aliphatic imine (C=N–C) groups is 1. The van der Waals surface area contributed by atoms with Crippen molar-refractivity contribution in [2.24, 2.45) is 4.99 Å². The number of amidine groups is 1. The minimum atomic E-state index is -4.05. The first-order chi connectivity index (χ1) is 15.7. The maximum Gasteiger partial charge on any atom is 0.290 e. The highest BCUT2D eigenvalue weighted by Crippen LogP contribution is 2.21. The highest BCUT2D eigenvalue weighted by atomic mass is 32.2. The molecule has 0 aromatic heterocycles. The molecule has 2 aliphatic heterocycles. The molecule has 174 valence electrons. The molecule has 1 saturated heterocycles. The zero-order valence-electron chi connectivity index (χ0n) is 17.6. The van der Waals surface area contributed by atoms with Crippen LogP contribution in [0.25, 0.3) is 0 Å². The second-order valence-electron chi connectivity index (χ2n) is 7.55. The molecule has 0 radical (unpaired) electrons. The van der Waals surface area contributed by atoms with Crippen LogP contribution >= 0.6 is 0 Å². The predicted octanol–water partition coefficient (Wildman–Crippen LogP) is 1.14. The molecule has 2 amide bonds. The van der Waals surface area contributed by atoms with Crippen molar-refractivity contribution < 1.29 is 26.8 Å². The summed E-state index contributed by atoms with van der Waals surface area (Å²) in [7, 11) is -4.05. The van der Waals surface area contributed by atoms with Crippen LogP contribution in [0.15, 0.2) is 58.4 Å². The van der Waals surface area contributed by atoms with E-state index >= 15 is 0 Å². The Hall–Kier alpha value is -3.38. The van der Waals surface area contributed by atoms with Crippen LogP contribution in [0.5, 0.6) is 0 Å². The molecule has 1 atom stereocenters. The fraction of sp³-hybridized carbons (Fsp3) is 0.286. The van der Waals surface area contributed by atoms with Crippen molar-refractivity contribution in [2.75, 3.05) is 31.2 Å². The first-order valence-corrected chi connectivity index (χ1v) is 11.6. The molecule has 2 heterocycles. The third-order valence-corrected chi connectivity index (χ3v) is 7.28. The molecule has 0 unspecified atom stereocenters. The summed E-state index contributed by atoms with van der Waals surface area (Å²) in [6.45, 7) is 1.65. The molecule has 2 aliphatic rings. The first kappa shape index (κ1) is 22.8. The van der Waals surface area contributed by atoms with Gasteiger partial charge in [0.05, 0.1) is 10.6 Å². The largest absolute Gasteiger partial charge is 0.333 e. The van der Waals surface area contributed by atoms with Crippen LogP contribution in [0.1, 0.15) is 6.92 Å². The molecule has 1 fully saturated rings. The highest BCUT2D eigenvalue weighted by molar-refractivity contribution is 7.89. The summed E-state index contributed by atoms with van der Waals surface area (Å²) in [5.41, 5.74) is 3.31. The third-order valence-electron chi connectivity index (χ3n) is 5.39. The minimum absolute atomic E-state index is 0.0251. The van der Waals surface area contributed by atoms with Crippen LogP contribution in [0.4, 0.5) is 14.5 Å². The molecular weight excluding hydrogens is 456 g/mol. The fourth-order valence-corrected chi connectivity index (χ4v) is 5.00. The number of para-hydroxylation sites is 1. The summed E-state index contributed by atoms with van der Waals surface area (Å²) in [6, 6.07) is 10.4. The molecule has 4 rings (SSSR count). The van der Waals surface area contributed by atoms with Gasteiger partial charge >= 0.3 is 0 Å². The van der Waals surface area contributed by atoms with Gasteiger partial charge in [-0.3, -0.25) is 15.0 Å². The molecular formula is C21H21F2N5O4S. The third kappa shape index (κ3) is 4.44. The number of piperazine rings is 1. The fourth-order valence-electron chi connectivity index (χ4n) is 3.57. The van der Waals surface area contributed by atoms with Crippen molar-refractivity contribution in [3.05, 3.63) is 60.2 Å². The quantitative estimate of drug-likeness (QED) is 0.712. The van der Waals surface area contributed by atoms with Gasteiger partial charge in [-0.2, -0.15) is 4.31 Å². The number of anilines is 1. The molecule has 0 bridgehead atoms.